The van der Waals surface area contributed by atoms with Crippen molar-refractivity contribution in [1.29, 1.82) is 0 Å². The molecule has 0 fully saturated rings. The fourth-order valence-electron chi connectivity index (χ4n) is 1.20. The number of thioether (sulfide) groups is 1. The van der Waals surface area contributed by atoms with Crippen LogP contribution in [0.25, 0.3) is 0 Å². The van der Waals surface area contributed by atoms with Crippen LogP contribution in [0.2, 0.25) is 0 Å². The van der Waals surface area contributed by atoms with Crippen molar-refractivity contribution in [3.05, 3.63) is 29.8 Å². The van der Waals surface area contributed by atoms with Gasteiger partial charge in [-0.05, 0) is 24.0 Å². The van der Waals surface area contributed by atoms with E-state index in [9.17, 15) is 4.79 Å². The molecule has 4 nitrogen and oxygen atoms in total. The number of carboxylic acid groups (broad SMARTS) is 1. The zero-order valence-electron chi connectivity index (χ0n) is 9.14. The number of aliphatic carboxylic acids is 1. The molecule has 1 rings (SSSR count). The van der Waals surface area contributed by atoms with Gasteiger partial charge in [-0.15, -0.1) is 11.8 Å². The van der Waals surface area contributed by atoms with Crippen molar-refractivity contribution >= 4 is 17.7 Å². The molecule has 0 radical (unpaired) electrons. The molecule has 0 amide bonds. The molecule has 1 atom stereocenters. The maximum Gasteiger partial charge on any atom is 0.321 e. The normalized spacial score (nSPS) is 12.4. The Morgan fingerprint density at radius 1 is 1.50 bits per heavy atom. The van der Waals surface area contributed by atoms with E-state index in [-0.39, 0.29) is 6.54 Å². The monoisotopic (exact) mass is 240 g/mol. The second kappa shape index (κ2) is 6.52. The topological polar surface area (TPSA) is 75.3 Å². The molecule has 16 heavy (non-hydrogen) atoms. The van der Waals surface area contributed by atoms with Crippen LogP contribution in [0.1, 0.15) is 5.56 Å². The number of hydrogen-bond acceptors (Lipinski definition) is 4. The number of nitrogens with two attached hydrogens (primary N) is 1. The maximum atomic E-state index is 10.5. The molecule has 88 valence electrons. The lowest BCUT2D eigenvalue weighted by molar-refractivity contribution is -0.138. The van der Waals surface area contributed by atoms with Gasteiger partial charge in [0.2, 0.25) is 0 Å². The summed E-state index contributed by atoms with van der Waals surface area (Å²) >= 11 is 1.69. The minimum Gasteiger partial charge on any atom is -0.480 e. The summed E-state index contributed by atoms with van der Waals surface area (Å²) in [6, 6.07) is 7.28. The van der Waals surface area contributed by atoms with Gasteiger partial charge in [-0.1, -0.05) is 12.1 Å². The number of rotatable bonds is 6. The Kier molecular flexibility index (Phi) is 5.31. The van der Waals surface area contributed by atoms with Crippen LogP contribution in [0.3, 0.4) is 0 Å². The van der Waals surface area contributed by atoms with E-state index >= 15 is 0 Å². The molecule has 5 heteroatoms. The van der Waals surface area contributed by atoms with Gasteiger partial charge in [-0.2, -0.15) is 0 Å². The van der Waals surface area contributed by atoms with Gasteiger partial charge in [-0.25, -0.2) is 0 Å². The summed E-state index contributed by atoms with van der Waals surface area (Å²) < 4.78 is 0. The molecule has 1 unspecified atom stereocenters. The third-order valence-corrected chi connectivity index (χ3v) is 2.91. The fraction of sp³-hybridized carbons (Fsp3) is 0.364. The SMILES string of the molecule is CSc1ccc(CNCC(N)C(=O)O)cc1. The number of carboxylic acids is 1. The smallest absolute Gasteiger partial charge is 0.321 e. The minimum absolute atomic E-state index is 0.277. The predicted molar refractivity (Wildman–Crippen MR) is 65.5 cm³/mol. The van der Waals surface area contributed by atoms with E-state index in [0.717, 1.165) is 5.56 Å². The van der Waals surface area contributed by atoms with Crippen LogP contribution in [-0.2, 0) is 11.3 Å². The summed E-state index contributed by atoms with van der Waals surface area (Å²) in [6.45, 7) is 0.912. The van der Waals surface area contributed by atoms with E-state index in [1.165, 1.54) is 4.90 Å². The third kappa shape index (κ3) is 4.22. The van der Waals surface area contributed by atoms with Gasteiger partial charge in [0, 0.05) is 18.0 Å². The molecule has 0 saturated carbocycles. The zero-order chi connectivity index (χ0) is 12.0. The standard InChI is InChI=1S/C11H16N2O2S/c1-16-9-4-2-8(3-5-9)6-13-7-10(12)11(14)15/h2-5,10,13H,6-7,12H2,1H3,(H,14,15). The molecule has 4 N–H and O–H groups in total. The molecule has 0 aliphatic carbocycles. The minimum atomic E-state index is -0.981. The summed E-state index contributed by atoms with van der Waals surface area (Å²) in [5, 5.41) is 11.6. The molecule has 0 saturated heterocycles. The van der Waals surface area contributed by atoms with E-state index in [1.54, 1.807) is 11.8 Å². The Labute approximate surface area is 99.2 Å². The van der Waals surface area contributed by atoms with Crippen LogP contribution < -0.4 is 11.1 Å². The van der Waals surface area contributed by atoms with Gasteiger partial charge in [0.15, 0.2) is 0 Å². The van der Waals surface area contributed by atoms with Crippen molar-refractivity contribution in [3.63, 3.8) is 0 Å². The Hall–Kier alpha value is -1.04. The van der Waals surface area contributed by atoms with Crippen LogP contribution in [0.4, 0.5) is 0 Å². The lowest BCUT2D eigenvalue weighted by Crippen LogP contribution is -2.40. The van der Waals surface area contributed by atoms with Crippen molar-refractivity contribution in [2.75, 3.05) is 12.8 Å². The van der Waals surface area contributed by atoms with E-state index in [2.05, 4.69) is 5.32 Å². The predicted octanol–water partition coefficient (Wildman–Crippen LogP) is 0.910. The Morgan fingerprint density at radius 3 is 2.62 bits per heavy atom. The van der Waals surface area contributed by atoms with Crippen LogP contribution in [-0.4, -0.2) is 29.9 Å². The van der Waals surface area contributed by atoms with Gasteiger partial charge in [0.05, 0.1) is 0 Å². The molecule has 1 aromatic rings. The van der Waals surface area contributed by atoms with Gasteiger partial charge < -0.3 is 16.2 Å². The highest BCUT2D eigenvalue weighted by atomic mass is 32.2. The number of nitrogens with one attached hydrogen (secondary N) is 1. The molecule has 0 aromatic heterocycles. The van der Waals surface area contributed by atoms with Gasteiger partial charge in [0.1, 0.15) is 6.04 Å². The number of carbonyl (C=O) groups is 1. The van der Waals surface area contributed by atoms with E-state index in [4.69, 9.17) is 10.8 Å². The molecule has 0 aliphatic rings. The van der Waals surface area contributed by atoms with E-state index < -0.39 is 12.0 Å². The summed E-state index contributed by atoms with van der Waals surface area (Å²) in [6.07, 6.45) is 2.03. The van der Waals surface area contributed by atoms with Crippen LogP contribution >= 0.6 is 11.8 Å². The molecular formula is C11H16N2O2S. The summed E-state index contributed by atoms with van der Waals surface area (Å²) in [5.74, 6) is -0.981. The average Bonchev–Trinajstić information content (AvgIpc) is 2.29. The zero-order valence-corrected chi connectivity index (χ0v) is 9.96. The first-order valence-corrected chi connectivity index (χ1v) is 6.18. The van der Waals surface area contributed by atoms with Crippen molar-refractivity contribution < 1.29 is 9.90 Å². The van der Waals surface area contributed by atoms with Crippen molar-refractivity contribution in [1.82, 2.24) is 5.32 Å². The number of hydrogen-bond donors (Lipinski definition) is 3. The first kappa shape index (κ1) is 13.0. The largest absolute Gasteiger partial charge is 0.480 e. The van der Waals surface area contributed by atoms with E-state index in [0.29, 0.717) is 6.54 Å². The van der Waals surface area contributed by atoms with Gasteiger partial charge in [-0.3, -0.25) is 4.79 Å². The quantitative estimate of drug-likeness (QED) is 0.644. The molecule has 0 spiro atoms. The lowest BCUT2D eigenvalue weighted by Gasteiger charge is -2.08. The molecule has 1 aromatic carbocycles. The fourth-order valence-corrected chi connectivity index (χ4v) is 1.61. The van der Waals surface area contributed by atoms with E-state index in [1.807, 2.05) is 30.5 Å². The second-order valence-corrected chi connectivity index (χ2v) is 4.30. The van der Waals surface area contributed by atoms with Crippen molar-refractivity contribution in [2.45, 2.75) is 17.5 Å². The lowest BCUT2D eigenvalue weighted by atomic mass is 10.2. The Balaban J connectivity index is 2.34. The van der Waals surface area contributed by atoms with Gasteiger partial charge in [0.25, 0.3) is 0 Å². The highest BCUT2D eigenvalue weighted by molar-refractivity contribution is 7.98. The summed E-state index contributed by atoms with van der Waals surface area (Å²) in [5.41, 5.74) is 6.48. The average molecular weight is 240 g/mol. The molecule has 0 heterocycles. The summed E-state index contributed by atoms with van der Waals surface area (Å²) in [7, 11) is 0. The third-order valence-electron chi connectivity index (χ3n) is 2.17. The Morgan fingerprint density at radius 2 is 2.12 bits per heavy atom. The van der Waals surface area contributed by atoms with Crippen LogP contribution in [0.15, 0.2) is 29.2 Å². The highest BCUT2D eigenvalue weighted by Crippen LogP contribution is 2.14. The second-order valence-electron chi connectivity index (χ2n) is 3.42. The number of benzene rings is 1. The summed E-state index contributed by atoms with van der Waals surface area (Å²) in [4.78, 5) is 11.7. The first-order valence-electron chi connectivity index (χ1n) is 4.95. The molecule has 0 aliphatic heterocycles. The highest BCUT2D eigenvalue weighted by Gasteiger charge is 2.09. The van der Waals surface area contributed by atoms with Crippen molar-refractivity contribution in [2.24, 2.45) is 5.73 Å². The maximum absolute atomic E-state index is 10.5. The van der Waals surface area contributed by atoms with Crippen molar-refractivity contribution in [3.8, 4) is 0 Å². The molecular weight excluding hydrogens is 224 g/mol. The molecule has 0 bridgehead atoms. The first-order chi connectivity index (χ1) is 7.63. The Bertz CT molecular complexity index is 340. The van der Waals surface area contributed by atoms with Crippen LogP contribution in [0, 0.1) is 0 Å². The van der Waals surface area contributed by atoms with Gasteiger partial charge >= 0.3 is 5.97 Å². The van der Waals surface area contributed by atoms with Crippen LogP contribution in [0.5, 0.6) is 0 Å².